The van der Waals surface area contributed by atoms with E-state index in [0.29, 0.717) is 25.3 Å². The van der Waals surface area contributed by atoms with Crippen molar-refractivity contribution in [1.82, 2.24) is 15.6 Å². The number of para-hydroxylation sites is 1. The number of nitrogens with one attached hydrogen (secondary N) is 2. The molecule has 0 unspecified atom stereocenters. The lowest BCUT2D eigenvalue weighted by Crippen LogP contribution is -2.38. The summed E-state index contributed by atoms with van der Waals surface area (Å²) in [7, 11) is 0. The number of rotatable bonds is 7. The molecule has 0 fully saturated rings. The Morgan fingerprint density at radius 3 is 2.61 bits per heavy atom. The Labute approximate surface area is 136 Å². The average molecular weight is 313 g/mol. The first-order chi connectivity index (χ1) is 11.0. The number of pyridine rings is 1. The molecule has 0 aliphatic carbocycles. The predicted molar refractivity (Wildman–Crippen MR) is 90.9 cm³/mol. The normalized spacial score (nSPS) is 10.7. The molecule has 0 saturated carbocycles. The van der Waals surface area contributed by atoms with Crippen molar-refractivity contribution in [3.8, 4) is 0 Å². The lowest BCUT2D eigenvalue weighted by molar-refractivity contribution is -0.126. The van der Waals surface area contributed by atoms with Gasteiger partial charge in [0.25, 0.3) is 0 Å². The van der Waals surface area contributed by atoms with Crippen LogP contribution in [0.25, 0.3) is 10.9 Å². The van der Waals surface area contributed by atoms with Crippen molar-refractivity contribution in [3.63, 3.8) is 0 Å². The van der Waals surface area contributed by atoms with Crippen LogP contribution in [0, 0.1) is 5.92 Å². The zero-order chi connectivity index (χ0) is 16.7. The molecule has 0 radical (unpaired) electrons. The quantitative estimate of drug-likeness (QED) is 0.822. The second-order valence-corrected chi connectivity index (χ2v) is 5.97. The smallest absolute Gasteiger partial charge is 0.239 e. The van der Waals surface area contributed by atoms with Gasteiger partial charge >= 0.3 is 0 Å². The number of nitrogens with zero attached hydrogens (tertiary/aromatic N) is 1. The van der Waals surface area contributed by atoms with Crippen LogP contribution in [0.5, 0.6) is 0 Å². The lowest BCUT2D eigenvalue weighted by atomic mass is 10.1. The maximum Gasteiger partial charge on any atom is 0.239 e. The first kappa shape index (κ1) is 16.9. The highest BCUT2D eigenvalue weighted by atomic mass is 16.2. The van der Waals surface area contributed by atoms with Crippen molar-refractivity contribution in [3.05, 3.63) is 42.1 Å². The van der Waals surface area contributed by atoms with E-state index < -0.39 is 0 Å². The number of fused-ring (bicyclic) bond motifs is 1. The Morgan fingerprint density at radius 1 is 1.04 bits per heavy atom. The number of benzene rings is 1. The number of carbonyl (C=O) groups excluding carboxylic acids is 2. The number of hydrogen-bond acceptors (Lipinski definition) is 3. The standard InChI is InChI=1S/C18H23N3O2/c1-13(2)11-19-18(23)12-20-17(22)10-9-15-8-7-14-5-3-4-6-16(14)21-15/h3-8,13H,9-12H2,1-2H3,(H,19,23)(H,20,22). The van der Waals surface area contributed by atoms with Crippen LogP contribution >= 0.6 is 0 Å². The minimum Gasteiger partial charge on any atom is -0.354 e. The van der Waals surface area contributed by atoms with Gasteiger partial charge in [-0.15, -0.1) is 0 Å². The number of aromatic nitrogens is 1. The minimum atomic E-state index is -0.157. The van der Waals surface area contributed by atoms with Crippen molar-refractivity contribution < 1.29 is 9.59 Å². The summed E-state index contributed by atoms with van der Waals surface area (Å²) in [5, 5.41) is 6.49. The zero-order valence-electron chi connectivity index (χ0n) is 13.6. The fourth-order valence-electron chi connectivity index (χ4n) is 2.14. The Morgan fingerprint density at radius 2 is 1.83 bits per heavy atom. The van der Waals surface area contributed by atoms with E-state index in [1.807, 2.05) is 50.2 Å². The van der Waals surface area contributed by atoms with E-state index in [1.54, 1.807) is 0 Å². The largest absolute Gasteiger partial charge is 0.354 e. The Hall–Kier alpha value is -2.43. The van der Waals surface area contributed by atoms with E-state index in [4.69, 9.17) is 0 Å². The number of hydrogen-bond donors (Lipinski definition) is 2. The van der Waals surface area contributed by atoms with E-state index >= 15 is 0 Å². The van der Waals surface area contributed by atoms with Gasteiger partial charge in [0.2, 0.25) is 11.8 Å². The molecule has 0 atom stereocenters. The molecule has 0 bridgehead atoms. The topological polar surface area (TPSA) is 71.1 Å². The van der Waals surface area contributed by atoms with Crippen molar-refractivity contribution in [2.45, 2.75) is 26.7 Å². The van der Waals surface area contributed by atoms with Crippen LogP contribution in [0.15, 0.2) is 36.4 Å². The van der Waals surface area contributed by atoms with Gasteiger partial charge in [-0.3, -0.25) is 14.6 Å². The van der Waals surface area contributed by atoms with Crippen LogP contribution in [0.3, 0.4) is 0 Å². The molecular formula is C18H23N3O2. The van der Waals surface area contributed by atoms with E-state index in [2.05, 4.69) is 15.6 Å². The summed E-state index contributed by atoms with van der Waals surface area (Å²) in [4.78, 5) is 27.9. The Balaban J connectivity index is 1.76. The molecule has 23 heavy (non-hydrogen) atoms. The van der Waals surface area contributed by atoms with Gasteiger partial charge in [-0.1, -0.05) is 38.1 Å². The first-order valence-corrected chi connectivity index (χ1v) is 7.92. The van der Waals surface area contributed by atoms with Crippen LogP contribution in [-0.4, -0.2) is 29.9 Å². The summed E-state index contributed by atoms with van der Waals surface area (Å²) in [6.07, 6.45) is 0.882. The van der Waals surface area contributed by atoms with Crippen LogP contribution < -0.4 is 10.6 Å². The molecule has 2 N–H and O–H groups in total. The van der Waals surface area contributed by atoms with Gasteiger partial charge in [0.05, 0.1) is 12.1 Å². The molecule has 2 amide bonds. The molecule has 0 spiro atoms. The van der Waals surface area contributed by atoms with E-state index in [0.717, 1.165) is 16.6 Å². The summed E-state index contributed by atoms with van der Waals surface area (Å²) >= 11 is 0. The molecule has 1 aromatic carbocycles. The highest BCUT2D eigenvalue weighted by molar-refractivity contribution is 5.84. The monoisotopic (exact) mass is 313 g/mol. The van der Waals surface area contributed by atoms with Gasteiger partial charge in [-0.05, 0) is 24.5 Å². The van der Waals surface area contributed by atoms with Crippen molar-refractivity contribution in [2.24, 2.45) is 5.92 Å². The molecule has 0 aliphatic rings. The van der Waals surface area contributed by atoms with Gasteiger partial charge in [0, 0.05) is 24.0 Å². The average Bonchev–Trinajstić information content (AvgIpc) is 2.56. The Bertz CT molecular complexity index is 683. The van der Waals surface area contributed by atoms with E-state index in [9.17, 15) is 9.59 Å². The van der Waals surface area contributed by atoms with Gasteiger partial charge in [0.15, 0.2) is 0 Å². The molecule has 0 saturated heterocycles. The third kappa shape index (κ3) is 5.70. The summed E-state index contributed by atoms with van der Waals surface area (Å²) in [6, 6.07) is 11.8. The molecule has 5 heteroatoms. The van der Waals surface area contributed by atoms with Crippen LogP contribution in [-0.2, 0) is 16.0 Å². The summed E-state index contributed by atoms with van der Waals surface area (Å²) in [5.74, 6) is 0.101. The SMILES string of the molecule is CC(C)CNC(=O)CNC(=O)CCc1ccc2ccccc2n1. The molecular weight excluding hydrogens is 290 g/mol. The second-order valence-electron chi connectivity index (χ2n) is 5.97. The van der Waals surface area contributed by atoms with Gasteiger partial charge in [0.1, 0.15) is 0 Å². The molecule has 0 aliphatic heterocycles. The first-order valence-electron chi connectivity index (χ1n) is 7.92. The maximum atomic E-state index is 11.8. The molecule has 5 nitrogen and oxygen atoms in total. The highest BCUT2D eigenvalue weighted by Crippen LogP contribution is 2.12. The highest BCUT2D eigenvalue weighted by Gasteiger charge is 2.07. The number of amides is 2. The van der Waals surface area contributed by atoms with E-state index in [-0.39, 0.29) is 18.4 Å². The van der Waals surface area contributed by atoms with Crippen molar-refractivity contribution >= 4 is 22.7 Å². The fourth-order valence-corrected chi connectivity index (χ4v) is 2.14. The van der Waals surface area contributed by atoms with Crippen LogP contribution in [0.2, 0.25) is 0 Å². The fraction of sp³-hybridized carbons (Fsp3) is 0.389. The van der Waals surface area contributed by atoms with Gasteiger partial charge < -0.3 is 10.6 Å². The maximum absolute atomic E-state index is 11.8. The Kier molecular flexibility index (Phi) is 6.09. The van der Waals surface area contributed by atoms with Gasteiger partial charge in [-0.25, -0.2) is 0 Å². The summed E-state index contributed by atoms with van der Waals surface area (Å²) in [6.45, 7) is 4.69. The van der Waals surface area contributed by atoms with E-state index in [1.165, 1.54) is 0 Å². The zero-order valence-corrected chi connectivity index (χ0v) is 13.6. The number of carbonyl (C=O) groups is 2. The molecule has 2 rings (SSSR count). The molecule has 2 aromatic rings. The summed E-state index contributed by atoms with van der Waals surface area (Å²) in [5.41, 5.74) is 1.81. The van der Waals surface area contributed by atoms with Gasteiger partial charge in [-0.2, -0.15) is 0 Å². The summed E-state index contributed by atoms with van der Waals surface area (Å²) < 4.78 is 0. The minimum absolute atomic E-state index is 0.0245. The second kappa shape index (κ2) is 8.27. The molecule has 122 valence electrons. The predicted octanol–water partition coefficient (Wildman–Crippen LogP) is 2.06. The van der Waals surface area contributed by atoms with Crippen molar-refractivity contribution in [1.29, 1.82) is 0 Å². The van der Waals surface area contributed by atoms with Crippen molar-refractivity contribution in [2.75, 3.05) is 13.1 Å². The lowest BCUT2D eigenvalue weighted by Gasteiger charge is -2.08. The van der Waals surface area contributed by atoms with Crippen LogP contribution in [0.4, 0.5) is 0 Å². The number of aryl methyl sites for hydroxylation is 1. The van der Waals surface area contributed by atoms with Crippen LogP contribution in [0.1, 0.15) is 26.0 Å². The molecule has 1 heterocycles. The third-order valence-corrected chi connectivity index (χ3v) is 3.42. The molecule has 1 aromatic heterocycles. The third-order valence-electron chi connectivity index (χ3n) is 3.42.